The fourth-order valence-electron chi connectivity index (χ4n) is 1.01. The standard InChI is InChI=1S/C9H11NO4/c1-2-14-9(13)8(12)7-6(11)4-3-5-10-7/h3-5,7,10-11H,2H2,1H3. The molecule has 0 aromatic heterocycles. The van der Waals surface area contributed by atoms with Gasteiger partial charge in [-0.15, -0.1) is 0 Å². The van der Waals surface area contributed by atoms with Crippen LogP contribution in [0.2, 0.25) is 0 Å². The van der Waals surface area contributed by atoms with E-state index < -0.39 is 17.8 Å². The first-order chi connectivity index (χ1) is 6.66. The topological polar surface area (TPSA) is 75.6 Å². The molecule has 0 spiro atoms. The number of ketones is 1. The molecule has 0 fully saturated rings. The van der Waals surface area contributed by atoms with Crippen molar-refractivity contribution in [1.82, 2.24) is 5.32 Å². The molecule has 5 nitrogen and oxygen atoms in total. The first-order valence-corrected chi connectivity index (χ1v) is 4.19. The van der Waals surface area contributed by atoms with Crippen LogP contribution in [0.15, 0.2) is 24.1 Å². The number of hydrogen-bond acceptors (Lipinski definition) is 5. The molecule has 76 valence electrons. The van der Waals surface area contributed by atoms with Crippen LogP contribution in [0.3, 0.4) is 0 Å². The predicted octanol–water partition coefficient (Wildman–Crippen LogP) is 0.0460. The monoisotopic (exact) mass is 197 g/mol. The summed E-state index contributed by atoms with van der Waals surface area (Å²) < 4.78 is 4.51. The highest BCUT2D eigenvalue weighted by molar-refractivity contribution is 6.36. The molecule has 0 aromatic carbocycles. The van der Waals surface area contributed by atoms with Crippen LogP contribution in [-0.4, -0.2) is 29.5 Å². The molecule has 0 bridgehead atoms. The number of allylic oxidation sites excluding steroid dienone is 2. The number of rotatable bonds is 3. The quantitative estimate of drug-likeness (QED) is 0.493. The molecule has 1 heterocycles. The average molecular weight is 197 g/mol. The van der Waals surface area contributed by atoms with Crippen LogP contribution in [0, 0.1) is 0 Å². The molecule has 1 aliphatic rings. The third-order valence-corrected chi connectivity index (χ3v) is 1.66. The van der Waals surface area contributed by atoms with Crippen molar-refractivity contribution in [2.45, 2.75) is 13.0 Å². The number of Topliss-reactive ketones (excluding diaryl/α,β-unsaturated/α-hetero) is 1. The van der Waals surface area contributed by atoms with E-state index in [2.05, 4.69) is 10.1 Å². The number of hydrogen-bond donors (Lipinski definition) is 2. The maximum Gasteiger partial charge on any atom is 0.377 e. The first kappa shape index (κ1) is 10.3. The van der Waals surface area contributed by atoms with Gasteiger partial charge in [0, 0.05) is 0 Å². The second kappa shape index (κ2) is 4.45. The molecule has 0 radical (unpaired) electrons. The van der Waals surface area contributed by atoms with E-state index >= 15 is 0 Å². The Balaban J connectivity index is 2.66. The molecule has 0 saturated heterocycles. The van der Waals surface area contributed by atoms with E-state index in [0.717, 1.165) is 0 Å². The number of nitrogens with one attached hydrogen (secondary N) is 1. The molecule has 2 N–H and O–H groups in total. The third kappa shape index (κ3) is 2.12. The third-order valence-electron chi connectivity index (χ3n) is 1.66. The second-order valence-electron chi connectivity index (χ2n) is 2.64. The van der Waals surface area contributed by atoms with E-state index in [1.807, 2.05) is 0 Å². The van der Waals surface area contributed by atoms with E-state index in [1.54, 1.807) is 6.92 Å². The van der Waals surface area contributed by atoms with Crippen molar-refractivity contribution >= 4 is 11.8 Å². The summed E-state index contributed by atoms with van der Waals surface area (Å²) >= 11 is 0. The van der Waals surface area contributed by atoms with Crippen LogP contribution in [0.25, 0.3) is 0 Å². The van der Waals surface area contributed by atoms with Crippen molar-refractivity contribution in [3.63, 3.8) is 0 Å². The number of carbonyl (C=O) groups excluding carboxylic acids is 2. The Hall–Kier alpha value is -1.78. The van der Waals surface area contributed by atoms with E-state index in [4.69, 9.17) is 0 Å². The van der Waals surface area contributed by atoms with Crippen LogP contribution in [0.4, 0.5) is 0 Å². The Labute approximate surface area is 81.1 Å². The second-order valence-corrected chi connectivity index (χ2v) is 2.64. The van der Waals surface area contributed by atoms with Gasteiger partial charge in [0.25, 0.3) is 5.78 Å². The van der Waals surface area contributed by atoms with Crippen molar-refractivity contribution in [2.75, 3.05) is 6.61 Å². The van der Waals surface area contributed by atoms with Crippen LogP contribution in [0.1, 0.15) is 6.92 Å². The molecule has 1 atom stereocenters. The maximum absolute atomic E-state index is 11.3. The lowest BCUT2D eigenvalue weighted by molar-refractivity contribution is -0.154. The Morgan fingerprint density at radius 2 is 2.36 bits per heavy atom. The smallest absolute Gasteiger partial charge is 0.377 e. The van der Waals surface area contributed by atoms with Gasteiger partial charge in [-0.2, -0.15) is 0 Å². The summed E-state index contributed by atoms with van der Waals surface area (Å²) in [5.74, 6) is -1.93. The molecule has 0 amide bonds. The van der Waals surface area contributed by atoms with Crippen molar-refractivity contribution in [3.05, 3.63) is 24.1 Å². The van der Waals surface area contributed by atoms with Gasteiger partial charge in [0.15, 0.2) is 6.04 Å². The lowest BCUT2D eigenvalue weighted by Gasteiger charge is -2.16. The zero-order valence-corrected chi connectivity index (χ0v) is 7.69. The highest BCUT2D eigenvalue weighted by atomic mass is 16.5. The fraction of sp³-hybridized carbons (Fsp3) is 0.333. The molecule has 0 saturated carbocycles. The van der Waals surface area contributed by atoms with Gasteiger partial charge in [0.1, 0.15) is 5.76 Å². The highest BCUT2D eigenvalue weighted by Gasteiger charge is 2.29. The van der Waals surface area contributed by atoms with Crippen molar-refractivity contribution in [2.24, 2.45) is 0 Å². The van der Waals surface area contributed by atoms with Crippen LogP contribution in [0.5, 0.6) is 0 Å². The highest BCUT2D eigenvalue weighted by Crippen LogP contribution is 2.05. The minimum absolute atomic E-state index is 0.137. The van der Waals surface area contributed by atoms with E-state index in [-0.39, 0.29) is 12.4 Å². The van der Waals surface area contributed by atoms with Gasteiger partial charge in [0.05, 0.1) is 6.61 Å². The number of ether oxygens (including phenoxy) is 1. The Morgan fingerprint density at radius 3 is 2.93 bits per heavy atom. The molecule has 0 aliphatic carbocycles. The minimum Gasteiger partial charge on any atom is -0.510 e. The van der Waals surface area contributed by atoms with Gasteiger partial charge in [-0.1, -0.05) is 0 Å². The van der Waals surface area contributed by atoms with E-state index in [1.165, 1.54) is 18.4 Å². The number of esters is 1. The zero-order chi connectivity index (χ0) is 10.6. The number of aliphatic hydroxyl groups is 1. The molecule has 14 heavy (non-hydrogen) atoms. The summed E-state index contributed by atoms with van der Waals surface area (Å²) in [7, 11) is 0. The van der Waals surface area contributed by atoms with Crippen molar-refractivity contribution < 1.29 is 19.4 Å². The van der Waals surface area contributed by atoms with Gasteiger partial charge in [-0.3, -0.25) is 4.79 Å². The van der Waals surface area contributed by atoms with Crippen molar-refractivity contribution in [3.8, 4) is 0 Å². The number of carbonyl (C=O) groups is 2. The largest absolute Gasteiger partial charge is 0.510 e. The Kier molecular flexibility index (Phi) is 3.28. The lowest BCUT2D eigenvalue weighted by Crippen LogP contribution is -2.41. The van der Waals surface area contributed by atoms with Crippen LogP contribution < -0.4 is 5.32 Å². The molecule has 1 unspecified atom stereocenters. The van der Waals surface area contributed by atoms with Gasteiger partial charge in [0.2, 0.25) is 0 Å². The van der Waals surface area contributed by atoms with Crippen LogP contribution >= 0.6 is 0 Å². The van der Waals surface area contributed by atoms with Gasteiger partial charge in [-0.05, 0) is 25.3 Å². The van der Waals surface area contributed by atoms with Gasteiger partial charge >= 0.3 is 5.97 Å². The molecule has 1 aliphatic heterocycles. The molecular formula is C9H11NO4. The summed E-state index contributed by atoms with van der Waals surface area (Å²) in [6.45, 7) is 1.74. The van der Waals surface area contributed by atoms with E-state index in [0.29, 0.717) is 0 Å². The maximum atomic E-state index is 11.3. The summed E-state index contributed by atoms with van der Waals surface area (Å²) in [5, 5.41) is 11.8. The summed E-state index contributed by atoms with van der Waals surface area (Å²) in [6.07, 6.45) is 4.35. The summed E-state index contributed by atoms with van der Waals surface area (Å²) in [4.78, 5) is 22.3. The normalized spacial score (nSPS) is 19.5. The van der Waals surface area contributed by atoms with Gasteiger partial charge in [-0.25, -0.2) is 4.79 Å². The SMILES string of the molecule is CCOC(=O)C(=O)C1NC=CC=C1O. The molecular weight excluding hydrogens is 186 g/mol. The first-order valence-electron chi connectivity index (χ1n) is 4.19. The van der Waals surface area contributed by atoms with E-state index in [9.17, 15) is 14.7 Å². The molecule has 5 heteroatoms. The Morgan fingerprint density at radius 1 is 1.64 bits per heavy atom. The molecule has 1 rings (SSSR count). The van der Waals surface area contributed by atoms with Crippen molar-refractivity contribution in [1.29, 1.82) is 0 Å². The lowest BCUT2D eigenvalue weighted by atomic mass is 10.1. The summed E-state index contributed by atoms with van der Waals surface area (Å²) in [5.41, 5.74) is 0. The number of aliphatic hydroxyl groups excluding tert-OH is 1. The van der Waals surface area contributed by atoms with Gasteiger partial charge < -0.3 is 15.2 Å². The average Bonchev–Trinajstić information content (AvgIpc) is 2.18. The minimum atomic E-state index is -1.01. The zero-order valence-electron chi connectivity index (χ0n) is 7.69. The van der Waals surface area contributed by atoms with Crippen LogP contribution in [-0.2, 0) is 14.3 Å². The Bertz CT molecular complexity index is 306. The number of dihydropyridines is 1. The predicted molar refractivity (Wildman–Crippen MR) is 48.4 cm³/mol. The summed E-state index contributed by atoms with van der Waals surface area (Å²) in [6, 6.07) is -1.01. The fourth-order valence-corrected chi connectivity index (χ4v) is 1.01. The molecule has 0 aromatic rings.